The molecule has 0 spiro atoms. The monoisotopic (exact) mass is 283 g/mol. The van der Waals surface area contributed by atoms with Gasteiger partial charge in [0.2, 0.25) is 11.8 Å². The Labute approximate surface area is 122 Å². The molecule has 0 bridgehead atoms. The summed E-state index contributed by atoms with van der Waals surface area (Å²) in [6, 6.07) is 0. The van der Waals surface area contributed by atoms with Crippen LogP contribution in [0.5, 0.6) is 0 Å². The van der Waals surface area contributed by atoms with Crippen molar-refractivity contribution < 1.29 is 9.59 Å². The van der Waals surface area contributed by atoms with Crippen LogP contribution in [-0.2, 0) is 9.59 Å². The van der Waals surface area contributed by atoms with Crippen LogP contribution in [-0.4, -0.2) is 49.4 Å². The number of unbranched alkanes of at least 4 members (excludes halogenated alkanes) is 2. The third-order valence-electron chi connectivity index (χ3n) is 3.90. The zero-order valence-electron chi connectivity index (χ0n) is 12.9. The van der Waals surface area contributed by atoms with Crippen molar-refractivity contribution >= 4 is 11.8 Å². The first-order chi connectivity index (χ1) is 9.65. The van der Waals surface area contributed by atoms with Gasteiger partial charge in [-0.05, 0) is 19.3 Å². The molecule has 0 radical (unpaired) electrons. The Hall–Kier alpha value is -1.10. The van der Waals surface area contributed by atoms with Gasteiger partial charge in [0.05, 0.1) is 0 Å². The number of piperazine rings is 1. The van der Waals surface area contributed by atoms with Gasteiger partial charge in [0.1, 0.15) is 0 Å². The summed E-state index contributed by atoms with van der Waals surface area (Å²) in [5.74, 6) is 0.517. The summed E-state index contributed by atoms with van der Waals surface area (Å²) in [5.41, 5.74) is 0. The summed E-state index contributed by atoms with van der Waals surface area (Å²) in [7, 11) is 0. The van der Waals surface area contributed by atoms with Gasteiger partial charge in [0, 0.05) is 45.1 Å². The van der Waals surface area contributed by atoms with Crippen molar-refractivity contribution in [2.24, 2.45) is 5.92 Å². The molecule has 1 fully saturated rings. The molecule has 0 aromatic rings. The summed E-state index contributed by atoms with van der Waals surface area (Å²) in [6.45, 7) is 8.19. The van der Waals surface area contributed by atoms with Gasteiger partial charge >= 0.3 is 0 Å². The minimum Gasteiger partial charge on any atom is -0.356 e. The van der Waals surface area contributed by atoms with Crippen molar-refractivity contribution in [2.45, 2.75) is 46.0 Å². The normalized spacial score (nSPS) is 16.8. The first kappa shape index (κ1) is 17.0. The number of hydrogen-bond acceptors (Lipinski definition) is 3. The Morgan fingerprint density at radius 3 is 2.55 bits per heavy atom. The molecule has 0 aromatic carbocycles. The maximum absolute atomic E-state index is 11.9. The van der Waals surface area contributed by atoms with Gasteiger partial charge in [0.15, 0.2) is 0 Å². The van der Waals surface area contributed by atoms with Gasteiger partial charge < -0.3 is 15.5 Å². The molecule has 1 aliphatic rings. The highest BCUT2D eigenvalue weighted by molar-refractivity contribution is 5.78. The first-order valence-corrected chi connectivity index (χ1v) is 7.91. The van der Waals surface area contributed by atoms with Crippen LogP contribution in [0.1, 0.15) is 46.0 Å². The molecule has 116 valence electrons. The van der Waals surface area contributed by atoms with E-state index >= 15 is 0 Å². The number of nitrogens with zero attached hydrogens (tertiary/aromatic N) is 1. The molecule has 0 unspecified atom stereocenters. The molecule has 2 amide bonds. The Kier molecular flexibility index (Phi) is 8.26. The minimum atomic E-state index is 0.101. The number of nitrogens with one attached hydrogen (secondary N) is 2. The average Bonchev–Trinajstić information content (AvgIpc) is 2.50. The predicted molar refractivity (Wildman–Crippen MR) is 80.4 cm³/mol. The fourth-order valence-corrected chi connectivity index (χ4v) is 2.22. The molecule has 1 rings (SSSR count). The van der Waals surface area contributed by atoms with E-state index in [1.807, 2.05) is 18.7 Å². The molecular formula is C15H29N3O2. The zero-order chi connectivity index (χ0) is 14.8. The first-order valence-electron chi connectivity index (χ1n) is 7.91. The van der Waals surface area contributed by atoms with Gasteiger partial charge in [-0.3, -0.25) is 9.59 Å². The van der Waals surface area contributed by atoms with Crippen LogP contribution >= 0.6 is 0 Å². The number of rotatable bonds is 8. The second-order valence-electron chi connectivity index (χ2n) is 5.54. The molecule has 20 heavy (non-hydrogen) atoms. The van der Waals surface area contributed by atoms with E-state index in [1.165, 1.54) is 0 Å². The van der Waals surface area contributed by atoms with Crippen molar-refractivity contribution in [3.63, 3.8) is 0 Å². The van der Waals surface area contributed by atoms with E-state index in [-0.39, 0.29) is 17.7 Å². The van der Waals surface area contributed by atoms with Gasteiger partial charge in [-0.15, -0.1) is 0 Å². The highest BCUT2D eigenvalue weighted by atomic mass is 16.2. The van der Waals surface area contributed by atoms with Crippen LogP contribution in [0.2, 0.25) is 0 Å². The maximum atomic E-state index is 11.9. The van der Waals surface area contributed by atoms with Gasteiger partial charge in [-0.2, -0.15) is 0 Å². The molecule has 0 aliphatic carbocycles. The molecule has 1 atom stereocenters. The van der Waals surface area contributed by atoms with Crippen molar-refractivity contribution in [2.75, 3.05) is 32.7 Å². The smallest absolute Gasteiger partial charge is 0.222 e. The van der Waals surface area contributed by atoms with Crippen LogP contribution in [0.3, 0.4) is 0 Å². The summed E-state index contributed by atoms with van der Waals surface area (Å²) in [5, 5.41) is 6.19. The molecule has 1 saturated heterocycles. The lowest BCUT2D eigenvalue weighted by molar-refractivity contribution is -0.132. The van der Waals surface area contributed by atoms with Crippen molar-refractivity contribution in [3.8, 4) is 0 Å². The van der Waals surface area contributed by atoms with E-state index in [9.17, 15) is 9.59 Å². The predicted octanol–water partition coefficient (Wildman–Crippen LogP) is 1.14. The average molecular weight is 283 g/mol. The van der Waals surface area contributed by atoms with Crippen LogP contribution in [0.25, 0.3) is 0 Å². The lowest BCUT2D eigenvalue weighted by Gasteiger charge is -2.27. The van der Waals surface area contributed by atoms with Crippen LogP contribution in [0, 0.1) is 5.92 Å². The molecule has 5 nitrogen and oxygen atoms in total. The largest absolute Gasteiger partial charge is 0.356 e. The van der Waals surface area contributed by atoms with E-state index in [2.05, 4.69) is 10.6 Å². The highest BCUT2D eigenvalue weighted by Crippen LogP contribution is 2.05. The fraction of sp³-hybridized carbons (Fsp3) is 0.867. The molecule has 1 aliphatic heterocycles. The molecule has 0 saturated carbocycles. The number of hydrogen-bond donors (Lipinski definition) is 2. The van der Waals surface area contributed by atoms with Gasteiger partial charge in [0.25, 0.3) is 0 Å². The number of carbonyl (C=O) groups excluding carboxylic acids is 2. The minimum absolute atomic E-state index is 0.101. The maximum Gasteiger partial charge on any atom is 0.222 e. The van der Waals surface area contributed by atoms with Crippen molar-refractivity contribution in [3.05, 3.63) is 0 Å². The van der Waals surface area contributed by atoms with E-state index in [0.717, 1.165) is 58.4 Å². The Morgan fingerprint density at radius 2 is 1.90 bits per heavy atom. The summed E-state index contributed by atoms with van der Waals surface area (Å²) < 4.78 is 0. The van der Waals surface area contributed by atoms with Crippen molar-refractivity contribution in [1.82, 2.24) is 15.5 Å². The van der Waals surface area contributed by atoms with Crippen molar-refractivity contribution in [1.29, 1.82) is 0 Å². The summed E-state index contributed by atoms with van der Waals surface area (Å²) in [6.07, 6.45) is 4.39. The third kappa shape index (κ3) is 6.37. The molecule has 0 aromatic heterocycles. The second kappa shape index (κ2) is 9.75. The third-order valence-corrected chi connectivity index (χ3v) is 3.90. The van der Waals surface area contributed by atoms with E-state index < -0.39 is 0 Å². The molecular weight excluding hydrogens is 254 g/mol. The lowest BCUT2D eigenvalue weighted by Crippen LogP contribution is -2.46. The number of amides is 2. The van der Waals surface area contributed by atoms with Crippen LogP contribution in [0.4, 0.5) is 0 Å². The van der Waals surface area contributed by atoms with E-state index in [1.54, 1.807) is 0 Å². The lowest BCUT2D eigenvalue weighted by atomic mass is 10.1. The Bertz CT molecular complexity index is 301. The van der Waals surface area contributed by atoms with E-state index in [4.69, 9.17) is 0 Å². The van der Waals surface area contributed by atoms with Crippen LogP contribution in [0.15, 0.2) is 0 Å². The van der Waals surface area contributed by atoms with Gasteiger partial charge in [-0.1, -0.05) is 20.3 Å². The molecule has 1 heterocycles. The molecule has 5 heteroatoms. The topological polar surface area (TPSA) is 61.4 Å². The standard InChI is InChI=1S/C15H29N3O2/c1-3-13(2)15(20)17-8-6-4-5-7-14(19)18-11-9-16-10-12-18/h13,16H,3-12H2,1-2H3,(H,17,20)/t13-/m0/s1. The number of carbonyl (C=O) groups is 2. The Balaban J connectivity index is 1.99. The second-order valence-corrected chi connectivity index (χ2v) is 5.54. The summed E-state index contributed by atoms with van der Waals surface area (Å²) in [4.78, 5) is 25.4. The van der Waals surface area contributed by atoms with Crippen LogP contribution < -0.4 is 10.6 Å². The SMILES string of the molecule is CC[C@H](C)C(=O)NCCCCCC(=O)N1CCNCC1. The quantitative estimate of drug-likeness (QED) is 0.657. The zero-order valence-corrected chi connectivity index (χ0v) is 12.9. The highest BCUT2D eigenvalue weighted by Gasteiger charge is 2.15. The van der Waals surface area contributed by atoms with Gasteiger partial charge in [-0.25, -0.2) is 0 Å². The Morgan fingerprint density at radius 1 is 1.20 bits per heavy atom. The van der Waals surface area contributed by atoms with E-state index in [0.29, 0.717) is 6.42 Å². The fourth-order valence-electron chi connectivity index (χ4n) is 2.22. The molecule has 2 N–H and O–H groups in total. The summed E-state index contributed by atoms with van der Waals surface area (Å²) >= 11 is 0.